The van der Waals surface area contributed by atoms with Crippen LogP contribution in [-0.2, 0) is 9.53 Å². The van der Waals surface area contributed by atoms with Gasteiger partial charge >= 0.3 is 0 Å². The number of nitrogens with two attached hydrogens (primary N) is 1. The summed E-state index contributed by atoms with van der Waals surface area (Å²) in [4.78, 5) is 11.6. The van der Waals surface area contributed by atoms with E-state index in [0.29, 0.717) is 6.04 Å². The second-order valence-corrected chi connectivity index (χ2v) is 7.15. The molecular formula is C17H32N2O2. The van der Waals surface area contributed by atoms with Gasteiger partial charge in [-0.05, 0) is 57.8 Å². The summed E-state index contributed by atoms with van der Waals surface area (Å²) >= 11 is 0. The first-order valence-electron chi connectivity index (χ1n) is 8.75. The van der Waals surface area contributed by atoms with Crippen molar-refractivity contribution in [2.24, 2.45) is 11.7 Å². The van der Waals surface area contributed by atoms with E-state index in [2.05, 4.69) is 5.32 Å². The van der Waals surface area contributed by atoms with Crippen LogP contribution in [0.15, 0.2) is 0 Å². The number of rotatable bonds is 10. The summed E-state index contributed by atoms with van der Waals surface area (Å²) in [5.41, 5.74) is 5.02. The quantitative estimate of drug-likeness (QED) is 0.609. The van der Waals surface area contributed by atoms with Gasteiger partial charge in [-0.1, -0.05) is 19.3 Å². The Morgan fingerprint density at radius 3 is 2.52 bits per heavy atom. The maximum Gasteiger partial charge on any atom is 0.237 e. The van der Waals surface area contributed by atoms with E-state index in [9.17, 15) is 4.79 Å². The topological polar surface area (TPSA) is 64.3 Å². The molecule has 0 aromatic rings. The smallest absolute Gasteiger partial charge is 0.237 e. The molecule has 1 atom stereocenters. The molecule has 0 aromatic heterocycles. The number of carbonyl (C=O) groups is 1. The van der Waals surface area contributed by atoms with E-state index in [-0.39, 0.29) is 5.91 Å². The minimum atomic E-state index is -0.537. The molecule has 0 spiro atoms. The summed E-state index contributed by atoms with van der Waals surface area (Å²) in [7, 11) is 0. The molecule has 0 heterocycles. The number of hydrogen-bond donors (Lipinski definition) is 2. The van der Waals surface area contributed by atoms with Crippen molar-refractivity contribution in [3.8, 4) is 0 Å². The first-order valence-corrected chi connectivity index (χ1v) is 8.75. The lowest BCUT2D eigenvalue weighted by molar-refractivity contribution is -0.124. The Bertz CT molecular complexity index is 325. The lowest BCUT2D eigenvalue weighted by Crippen LogP contribution is -2.53. The normalized spacial score (nSPS) is 22.9. The molecule has 2 rings (SSSR count). The average molecular weight is 296 g/mol. The molecule has 122 valence electrons. The highest BCUT2D eigenvalue weighted by molar-refractivity contribution is 5.84. The van der Waals surface area contributed by atoms with Crippen LogP contribution in [-0.4, -0.2) is 30.7 Å². The summed E-state index contributed by atoms with van der Waals surface area (Å²) in [6.07, 6.45) is 12.0. The average Bonchev–Trinajstić information content (AvgIpc) is 3.27. The third-order valence-corrected chi connectivity index (χ3v) is 4.94. The SMILES string of the molecule is CC(CCCCOCC1CCCCC1)(NC1CC1)C(N)=O. The van der Waals surface area contributed by atoms with Gasteiger partial charge in [0, 0.05) is 19.3 Å². The molecule has 1 amide bonds. The summed E-state index contributed by atoms with van der Waals surface area (Å²) in [6.45, 7) is 3.68. The fraction of sp³-hybridized carbons (Fsp3) is 0.941. The van der Waals surface area contributed by atoms with E-state index in [0.717, 1.165) is 38.4 Å². The van der Waals surface area contributed by atoms with Crippen LogP contribution in [0.2, 0.25) is 0 Å². The summed E-state index contributed by atoms with van der Waals surface area (Å²) in [5, 5.41) is 3.39. The van der Waals surface area contributed by atoms with Crippen LogP contribution in [0.5, 0.6) is 0 Å². The fourth-order valence-electron chi connectivity index (χ4n) is 3.23. The Hall–Kier alpha value is -0.610. The van der Waals surface area contributed by atoms with Gasteiger partial charge in [0.05, 0.1) is 5.54 Å². The summed E-state index contributed by atoms with van der Waals surface area (Å²) < 4.78 is 5.81. The predicted octanol–water partition coefficient (Wildman–Crippen LogP) is 2.75. The maximum absolute atomic E-state index is 11.6. The third-order valence-electron chi connectivity index (χ3n) is 4.94. The number of primary amides is 1. The molecule has 3 N–H and O–H groups in total. The third kappa shape index (κ3) is 5.95. The number of unbranched alkanes of at least 4 members (excludes halogenated alkanes) is 1. The molecule has 0 radical (unpaired) electrons. The zero-order valence-electron chi connectivity index (χ0n) is 13.5. The van der Waals surface area contributed by atoms with Crippen molar-refractivity contribution in [2.45, 2.75) is 82.7 Å². The number of ether oxygens (including phenoxy) is 1. The van der Waals surface area contributed by atoms with Gasteiger partial charge in [0.1, 0.15) is 0 Å². The van der Waals surface area contributed by atoms with Gasteiger partial charge in [-0.2, -0.15) is 0 Å². The largest absolute Gasteiger partial charge is 0.381 e. The van der Waals surface area contributed by atoms with Gasteiger partial charge in [-0.3, -0.25) is 4.79 Å². The van der Waals surface area contributed by atoms with Crippen LogP contribution in [0.3, 0.4) is 0 Å². The lowest BCUT2D eigenvalue weighted by Gasteiger charge is -2.27. The Kier molecular flexibility index (Phi) is 6.49. The molecule has 0 aliphatic heterocycles. The summed E-state index contributed by atoms with van der Waals surface area (Å²) in [5.74, 6) is 0.559. The van der Waals surface area contributed by atoms with Crippen molar-refractivity contribution in [3.05, 3.63) is 0 Å². The minimum Gasteiger partial charge on any atom is -0.381 e. The van der Waals surface area contributed by atoms with Crippen LogP contribution in [0.1, 0.15) is 71.1 Å². The van der Waals surface area contributed by atoms with Gasteiger partial charge in [0.2, 0.25) is 5.91 Å². The molecule has 21 heavy (non-hydrogen) atoms. The Labute approximate surface area is 129 Å². The van der Waals surface area contributed by atoms with Gasteiger partial charge < -0.3 is 15.8 Å². The first-order chi connectivity index (χ1) is 10.1. The Morgan fingerprint density at radius 1 is 1.19 bits per heavy atom. The maximum atomic E-state index is 11.6. The zero-order chi connectivity index (χ0) is 15.1. The number of carbonyl (C=O) groups excluding carboxylic acids is 1. The molecule has 0 bridgehead atoms. The molecule has 2 aliphatic carbocycles. The van der Waals surface area contributed by atoms with Crippen LogP contribution >= 0.6 is 0 Å². The van der Waals surface area contributed by atoms with Crippen molar-refractivity contribution in [2.75, 3.05) is 13.2 Å². The van der Waals surface area contributed by atoms with Gasteiger partial charge in [0.15, 0.2) is 0 Å². The highest BCUT2D eigenvalue weighted by Gasteiger charge is 2.36. The zero-order valence-corrected chi connectivity index (χ0v) is 13.5. The second kappa shape index (κ2) is 8.14. The van der Waals surface area contributed by atoms with Crippen molar-refractivity contribution in [1.29, 1.82) is 0 Å². The van der Waals surface area contributed by atoms with Gasteiger partial charge in [-0.25, -0.2) is 0 Å². The highest BCUT2D eigenvalue weighted by Crippen LogP contribution is 2.25. The van der Waals surface area contributed by atoms with Crippen molar-refractivity contribution in [1.82, 2.24) is 5.32 Å². The lowest BCUT2D eigenvalue weighted by atomic mass is 9.90. The van der Waals surface area contributed by atoms with E-state index in [1.54, 1.807) is 0 Å². The Balaban J connectivity index is 1.53. The number of hydrogen-bond acceptors (Lipinski definition) is 3. The van der Waals surface area contributed by atoms with Crippen molar-refractivity contribution in [3.63, 3.8) is 0 Å². The van der Waals surface area contributed by atoms with Crippen LogP contribution in [0.25, 0.3) is 0 Å². The molecular weight excluding hydrogens is 264 g/mol. The summed E-state index contributed by atoms with van der Waals surface area (Å²) in [6, 6.07) is 0.505. The van der Waals surface area contributed by atoms with E-state index in [1.807, 2.05) is 6.92 Å². The minimum absolute atomic E-state index is 0.225. The van der Waals surface area contributed by atoms with Crippen LogP contribution < -0.4 is 11.1 Å². The first kappa shape index (κ1) is 16.8. The van der Waals surface area contributed by atoms with E-state index in [1.165, 1.54) is 44.9 Å². The standard InChI is InChI=1S/C17H32N2O2/c1-17(16(18)20,19-15-9-10-15)11-5-6-12-21-13-14-7-3-2-4-8-14/h14-15,19H,2-13H2,1H3,(H2,18,20). The number of amides is 1. The van der Waals surface area contributed by atoms with Crippen molar-refractivity contribution >= 4 is 5.91 Å². The molecule has 4 nitrogen and oxygen atoms in total. The molecule has 2 fully saturated rings. The molecule has 0 aromatic carbocycles. The van der Waals surface area contributed by atoms with Crippen molar-refractivity contribution < 1.29 is 9.53 Å². The second-order valence-electron chi connectivity index (χ2n) is 7.15. The highest BCUT2D eigenvalue weighted by atomic mass is 16.5. The molecule has 4 heteroatoms. The molecule has 2 aliphatic rings. The predicted molar refractivity (Wildman–Crippen MR) is 85.0 cm³/mol. The van der Waals surface area contributed by atoms with Crippen LogP contribution in [0.4, 0.5) is 0 Å². The van der Waals surface area contributed by atoms with Gasteiger partial charge in [0.25, 0.3) is 0 Å². The van der Waals surface area contributed by atoms with Gasteiger partial charge in [-0.15, -0.1) is 0 Å². The van der Waals surface area contributed by atoms with E-state index >= 15 is 0 Å². The monoisotopic (exact) mass is 296 g/mol. The molecule has 1 unspecified atom stereocenters. The van der Waals surface area contributed by atoms with E-state index in [4.69, 9.17) is 10.5 Å². The van der Waals surface area contributed by atoms with Crippen LogP contribution in [0, 0.1) is 5.92 Å². The Morgan fingerprint density at radius 2 is 1.90 bits per heavy atom. The molecule has 0 saturated heterocycles. The molecule has 2 saturated carbocycles. The van der Waals surface area contributed by atoms with E-state index < -0.39 is 5.54 Å². The fourth-order valence-corrected chi connectivity index (χ4v) is 3.23. The number of nitrogens with one attached hydrogen (secondary N) is 1.